The van der Waals surface area contributed by atoms with Crippen LogP contribution < -0.4 is 19.8 Å². The van der Waals surface area contributed by atoms with Crippen LogP contribution >= 0.6 is 12.4 Å². The number of halogens is 1. The fraction of sp³-hybridized carbons (Fsp3) is 0.400. The molecule has 1 aliphatic carbocycles. The molecule has 0 amide bonds. The minimum Gasteiger partial charge on any atom is -0.495 e. The van der Waals surface area contributed by atoms with E-state index < -0.39 is 0 Å². The molecule has 5 rings (SSSR count). The largest absolute Gasteiger partial charge is 0.495 e. The summed E-state index contributed by atoms with van der Waals surface area (Å²) in [4.78, 5) is 34.2. The first-order chi connectivity index (χ1) is 16.6. The highest BCUT2D eigenvalue weighted by atomic mass is 35.5. The molecule has 1 aromatic carbocycles. The average Bonchev–Trinajstić information content (AvgIpc) is 3.17. The van der Waals surface area contributed by atoms with Gasteiger partial charge in [-0.25, -0.2) is 0 Å². The maximum Gasteiger partial charge on any atom is 0.259 e. The van der Waals surface area contributed by atoms with Gasteiger partial charge in [0.05, 0.1) is 68.6 Å². The third kappa shape index (κ3) is 4.24. The Bertz CT molecular complexity index is 1330. The Labute approximate surface area is 209 Å². The lowest BCUT2D eigenvalue weighted by Gasteiger charge is -2.26. The van der Waals surface area contributed by atoms with Crippen LogP contribution in [-0.4, -0.2) is 74.4 Å². The molecule has 0 bridgehead atoms. The summed E-state index contributed by atoms with van der Waals surface area (Å²) in [7, 11) is 4.58. The van der Waals surface area contributed by atoms with Crippen molar-refractivity contribution in [1.82, 2.24) is 14.5 Å². The minimum atomic E-state index is -0.185. The number of ether oxygens (including phenoxy) is 4. The van der Waals surface area contributed by atoms with Gasteiger partial charge in [0.1, 0.15) is 5.75 Å². The zero-order chi connectivity index (χ0) is 23.8. The van der Waals surface area contributed by atoms with Crippen molar-refractivity contribution in [3.05, 3.63) is 45.9 Å². The standard InChI is InChI=1S/C25H27N3O6.ClH/c1-31-15-11-18-22(26-14-15)23-21(24(18)29)16-12-19(32-2)20(33-3)13-17(16)25(30)28(23)6-4-5-27-7-9-34-10-8-27;/h11-14H,4-10H2,1-3H3;1H. The molecule has 35 heavy (non-hydrogen) atoms. The summed E-state index contributed by atoms with van der Waals surface area (Å²) in [6.07, 6.45) is 2.33. The van der Waals surface area contributed by atoms with Gasteiger partial charge in [-0.1, -0.05) is 0 Å². The molecule has 9 nitrogen and oxygen atoms in total. The lowest BCUT2D eigenvalue weighted by molar-refractivity contribution is 0.0369. The molecule has 1 aliphatic heterocycles. The van der Waals surface area contributed by atoms with Crippen molar-refractivity contribution in [1.29, 1.82) is 0 Å². The number of methoxy groups -OCH3 is 3. The molecular formula is C25H28ClN3O6. The first kappa shape index (κ1) is 25.0. The second-order valence-electron chi connectivity index (χ2n) is 8.34. The summed E-state index contributed by atoms with van der Waals surface area (Å²) in [6.45, 7) is 4.50. The Hall–Kier alpha value is -3.14. The summed E-state index contributed by atoms with van der Waals surface area (Å²) in [5, 5.41) is 0.944. The highest BCUT2D eigenvalue weighted by molar-refractivity contribution is 6.26. The van der Waals surface area contributed by atoms with Gasteiger partial charge in [0.2, 0.25) is 0 Å². The highest BCUT2D eigenvalue weighted by Gasteiger charge is 2.35. The quantitative estimate of drug-likeness (QED) is 0.382. The number of morpholine rings is 1. The molecule has 0 atom stereocenters. The first-order valence-corrected chi connectivity index (χ1v) is 11.3. The maximum absolute atomic E-state index is 13.7. The Kier molecular flexibility index (Phi) is 7.30. The van der Waals surface area contributed by atoms with Crippen molar-refractivity contribution in [2.24, 2.45) is 0 Å². The second kappa shape index (κ2) is 10.2. The van der Waals surface area contributed by atoms with E-state index in [-0.39, 0.29) is 23.7 Å². The number of aromatic nitrogens is 2. The number of fused-ring (bicyclic) bond motifs is 5. The van der Waals surface area contributed by atoms with Crippen LogP contribution in [0.3, 0.4) is 0 Å². The number of pyridine rings is 2. The number of carbonyl (C=O) groups is 1. The number of rotatable bonds is 7. The molecular weight excluding hydrogens is 474 g/mol. The van der Waals surface area contributed by atoms with Crippen LogP contribution in [0.25, 0.3) is 22.2 Å². The van der Waals surface area contributed by atoms with Crippen LogP contribution in [0.15, 0.2) is 29.2 Å². The van der Waals surface area contributed by atoms with E-state index >= 15 is 0 Å². The smallest absolute Gasteiger partial charge is 0.259 e. The van der Waals surface area contributed by atoms with Crippen molar-refractivity contribution in [3.8, 4) is 28.6 Å². The van der Waals surface area contributed by atoms with Gasteiger partial charge in [-0.15, -0.1) is 12.4 Å². The molecule has 3 heterocycles. The van der Waals surface area contributed by atoms with Crippen LogP contribution in [0, 0.1) is 0 Å². The number of ketones is 1. The SMILES string of the molecule is COc1cnc2c(c1)C(=O)c1c-2n(CCCN2CCOCC2)c(=O)c2cc(OC)c(OC)cc12.Cl. The zero-order valence-electron chi connectivity index (χ0n) is 20.0. The van der Waals surface area contributed by atoms with Crippen molar-refractivity contribution in [2.75, 3.05) is 54.2 Å². The molecule has 0 radical (unpaired) electrons. The van der Waals surface area contributed by atoms with Gasteiger partial charge in [-0.2, -0.15) is 0 Å². The van der Waals surface area contributed by atoms with Crippen molar-refractivity contribution in [3.63, 3.8) is 0 Å². The molecule has 1 fully saturated rings. The zero-order valence-corrected chi connectivity index (χ0v) is 20.8. The average molecular weight is 502 g/mol. The topological polar surface area (TPSA) is 92.1 Å². The molecule has 0 N–H and O–H groups in total. The Balaban J connectivity index is 0.00000289. The van der Waals surface area contributed by atoms with Gasteiger partial charge in [0.25, 0.3) is 5.56 Å². The van der Waals surface area contributed by atoms with Gasteiger partial charge in [0.15, 0.2) is 17.3 Å². The van der Waals surface area contributed by atoms with Crippen LogP contribution in [0.4, 0.5) is 0 Å². The Morgan fingerprint density at radius 1 is 0.943 bits per heavy atom. The van der Waals surface area contributed by atoms with Gasteiger partial charge < -0.3 is 23.5 Å². The molecule has 3 aromatic rings. The number of benzene rings is 1. The molecule has 186 valence electrons. The van der Waals surface area contributed by atoms with Crippen molar-refractivity contribution >= 4 is 29.0 Å². The number of hydrogen-bond acceptors (Lipinski definition) is 8. The molecule has 2 aliphatic rings. The Morgan fingerprint density at radius 2 is 1.63 bits per heavy atom. The van der Waals surface area contributed by atoms with Crippen LogP contribution in [0.1, 0.15) is 22.3 Å². The summed E-state index contributed by atoms with van der Waals surface area (Å²) in [6, 6.07) is 5.03. The predicted octanol–water partition coefficient (Wildman–Crippen LogP) is 2.78. The maximum atomic E-state index is 13.7. The lowest BCUT2D eigenvalue weighted by atomic mass is 10.0. The Morgan fingerprint density at radius 3 is 2.29 bits per heavy atom. The van der Waals surface area contributed by atoms with E-state index in [1.54, 1.807) is 29.0 Å². The van der Waals surface area contributed by atoms with E-state index in [2.05, 4.69) is 9.88 Å². The molecule has 0 spiro atoms. The monoisotopic (exact) mass is 501 g/mol. The summed E-state index contributed by atoms with van der Waals surface area (Å²) >= 11 is 0. The van der Waals surface area contributed by atoms with Crippen molar-refractivity contribution < 1.29 is 23.7 Å². The van der Waals surface area contributed by atoms with E-state index in [0.717, 1.165) is 39.3 Å². The third-order valence-corrected chi connectivity index (χ3v) is 6.53. The van der Waals surface area contributed by atoms with E-state index in [0.29, 0.717) is 57.1 Å². The second-order valence-corrected chi connectivity index (χ2v) is 8.34. The van der Waals surface area contributed by atoms with Crippen molar-refractivity contribution in [2.45, 2.75) is 13.0 Å². The van der Waals surface area contributed by atoms with Crippen LogP contribution in [-0.2, 0) is 11.3 Å². The minimum absolute atomic E-state index is 0. The number of carbonyl (C=O) groups excluding carboxylic acids is 1. The van der Waals surface area contributed by atoms with Gasteiger partial charge in [-0.05, 0) is 24.6 Å². The fourth-order valence-corrected chi connectivity index (χ4v) is 4.79. The third-order valence-electron chi connectivity index (χ3n) is 6.53. The molecule has 0 unspecified atom stereocenters. The molecule has 0 saturated carbocycles. The molecule has 1 saturated heterocycles. The lowest BCUT2D eigenvalue weighted by Crippen LogP contribution is -2.37. The predicted molar refractivity (Wildman–Crippen MR) is 134 cm³/mol. The van der Waals surface area contributed by atoms with Crippen LogP contribution in [0.5, 0.6) is 17.2 Å². The van der Waals surface area contributed by atoms with Gasteiger partial charge >= 0.3 is 0 Å². The highest BCUT2D eigenvalue weighted by Crippen LogP contribution is 2.42. The van der Waals surface area contributed by atoms with Gasteiger partial charge in [-0.3, -0.25) is 19.5 Å². The van der Waals surface area contributed by atoms with E-state index in [9.17, 15) is 9.59 Å². The normalized spacial score (nSPS) is 14.9. The summed E-state index contributed by atoms with van der Waals surface area (Å²) < 4.78 is 23.3. The number of hydrogen-bond donors (Lipinski definition) is 0. The first-order valence-electron chi connectivity index (χ1n) is 11.3. The molecule has 2 aromatic heterocycles. The van der Waals surface area contributed by atoms with Gasteiger partial charge in [0, 0.05) is 31.6 Å². The molecule has 10 heteroatoms. The van der Waals surface area contributed by atoms with E-state index in [4.69, 9.17) is 18.9 Å². The van der Waals surface area contributed by atoms with Crippen LogP contribution in [0.2, 0.25) is 0 Å². The summed E-state index contributed by atoms with van der Waals surface area (Å²) in [5.41, 5.74) is 1.75. The van der Waals surface area contributed by atoms with E-state index in [1.807, 2.05) is 0 Å². The summed E-state index contributed by atoms with van der Waals surface area (Å²) in [5.74, 6) is 1.20. The number of nitrogens with zero attached hydrogens (tertiary/aromatic N) is 3. The van der Waals surface area contributed by atoms with E-state index in [1.165, 1.54) is 21.3 Å². The fourth-order valence-electron chi connectivity index (χ4n) is 4.79.